The maximum Gasteiger partial charge on any atom is 0.151 e. The van der Waals surface area contributed by atoms with Crippen molar-refractivity contribution < 1.29 is 9.62 Å². The summed E-state index contributed by atoms with van der Waals surface area (Å²) in [6, 6.07) is 1.87. The molecular weight excluding hydrogens is 242 g/mol. The first-order valence-electron chi connectivity index (χ1n) is 5.01. The first kappa shape index (κ1) is 13.3. The van der Waals surface area contributed by atoms with E-state index in [2.05, 4.69) is 10.1 Å². The number of nitrogens with zero attached hydrogens (tertiary/aromatic N) is 3. The molecule has 0 bridgehead atoms. The van der Waals surface area contributed by atoms with E-state index >= 15 is 0 Å². The summed E-state index contributed by atoms with van der Waals surface area (Å²) in [5.41, 5.74) is 1.01. The average Bonchev–Trinajstić information content (AvgIpc) is 2.86. The van der Waals surface area contributed by atoms with E-state index in [0.29, 0.717) is 5.76 Å². The van der Waals surface area contributed by atoms with Crippen LogP contribution >= 0.6 is 12.4 Å². The fraction of sp³-hybridized carbons (Fsp3) is 0.273. The molecule has 0 aliphatic carbocycles. The monoisotopic (exact) mass is 255 g/mol. The van der Waals surface area contributed by atoms with Gasteiger partial charge in [-0.1, -0.05) is 5.16 Å². The molecule has 0 radical (unpaired) electrons. The summed E-state index contributed by atoms with van der Waals surface area (Å²) in [5, 5.41) is 11.4. The summed E-state index contributed by atoms with van der Waals surface area (Å²) >= 11 is 0. The van der Waals surface area contributed by atoms with E-state index < -0.39 is 0 Å². The van der Waals surface area contributed by atoms with Crippen molar-refractivity contribution in [2.75, 3.05) is 0 Å². The van der Waals surface area contributed by atoms with E-state index in [1.54, 1.807) is 12.5 Å². The van der Waals surface area contributed by atoms with Crippen molar-refractivity contribution in [3.63, 3.8) is 0 Å². The Morgan fingerprint density at radius 1 is 1.53 bits per heavy atom. The summed E-state index contributed by atoms with van der Waals surface area (Å²) in [4.78, 5) is 4.24. The molecule has 2 aromatic heterocycles. The molecule has 0 spiro atoms. The summed E-state index contributed by atoms with van der Waals surface area (Å²) in [6.07, 6.45) is 8.22. The summed E-state index contributed by atoms with van der Waals surface area (Å²) < 4.78 is 7.15. The fourth-order valence-corrected chi connectivity index (χ4v) is 1.60. The van der Waals surface area contributed by atoms with Crippen LogP contribution in [0.3, 0.4) is 0 Å². The lowest BCUT2D eigenvalue weighted by Crippen LogP contribution is -2.00. The SMILES string of the molecule is Cl.Cn1ccnc1CCc1ccoc1/C=N\O. The third-order valence-electron chi connectivity index (χ3n) is 2.49. The Morgan fingerprint density at radius 2 is 2.35 bits per heavy atom. The second kappa shape index (κ2) is 6.10. The Balaban J connectivity index is 0.00000144. The lowest BCUT2D eigenvalue weighted by molar-refractivity contribution is 0.320. The van der Waals surface area contributed by atoms with E-state index in [4.69, 9.17) is 9.62 Å². The largest absolute Gasteiger partial charge is 0.463 e. The Morgan fingerprint density at radius 3 is 3.00 bits per heavy atom. The molecule has 0 amide bonds. The second-order valence-corrected chi connectivity index (χ2v) is 3.51. The normalized spacial score (nSPS) is 10.6. The van der Waals surface area contributed by atoms with Crippen molar-refractivity contribution in [3.8, 4) is 0 Å². The van der Waals surface area contributed by atoms with Crippen LogP contribution in [0.25, 0.3) is 0 Å². The van der Waals surface area contributed by atoms with Crippen LogP contribution in [0.2, 0.25) is 0 Å². The molecule has 0 aliphatic heterocycles. The van der Waals surface area contributed by atoms with Crippen molar-refractivity contribution in [3.05, 3.63) is 41.9 Å². The van der Waals surface area contributed by atoms with E-state index in [0.717, 1.165) is 24.2 Å². The predicted octanol–water partition coefficient (Wildman–Crippen LogP) is 2.03. The minimum absolute atomic E-state index is 0. The van der Waals surface area contributed by atoms with Gasteiger partial charge in [-0.25, -0.2) is 4.98 Å². The number of hydrogen-bond donors (Lipinski definition) is 1. The van der Waals surface area contributed by atoms with Gasteiger partial charge in [0.1, 0.15) is 12.0 Å². The number of oxime groups is 1. The number of aryl methyl sites for hydroxylation is 3. The molecule has 17 heavy (non-hydrogen) atoms. The van der Waals surface area contributed by atoms with Crippen molar-refractivity contribution in [2.24, 2.45) is 12.2 Å². The molecule has 2 rings (SSSR count). The van der Waals surface area contributed by atoms with Crippen molar-refractivity contribution in [2.45, 2.75) is 12.8 Å². The Bertz CT molecular complexity index is 490. The van der Waals surface area contributed by atoms with Crippen LogP contribution in [0, 0.1) is 0 Å². The molecule has 5 nitrogen and oxygen atoms in total. The van der Waals surface area contributed by atoms with E-state index in [9.17, 15) is 0 Å². The predicted molar refractivity (Wildman–Crippen MR) is 66.0 cm³/mol. The first-order chi connectivity index (χ1) is 7.81. The Hall–Kier alpha value is -1.75. The molecule has 0 aliphatic rings. The van der Waals surface area contributed by atoms with Gasteiger partial charge in [0.2, 0.25) is 0 Å². The minimum Gasteiger partial charge on any atom is -0.463 e. The van der Waals surface area contributed by atoms with Gasteiger partial charge in [-0.05, 0) is 18.1 Å². The average molecular weight is 256 g/mol. The molecule has 2 aromatic rings. The van der Waals surface area contributed by atoms with Crippen LogP contribution < -0.4 is 0 Å². The fourth-order valence-electron chi connectivity index (χ4n) is 1.60. The van der Waals surface area contributed by atoms with Gasteiger partial charge in [0, 0.05) is 25.9 Å². The number of imidazole rings is 1. The van der Waals surface area contributed by atoms with Gasteiger partial charge in [-0.15, -0.1) is 12.4 Å². The molecule has 92 valence electrons. The highest BCUT2D eigenvalue weighted by Crippen LogP contribution is 2.11. The molecule has 0 saturated heterocycles. The second-order valence-electron chi connectivity index (χ2n) is 3.51. The number of aromatic nitrogens is 2. The van der Waals surface area contributed by atoms with Gasteiger partial charge in [0.25, 0.3) is 0 Å². The van der Waals surface area contributed by atoms with Crippen LogP contribution in [0.15, 0.2) is 34.3 Å². The summed E-state index contributed by atoms with van der Waals surface area (Å²) in [5.74, 6) is 1.62. The van der Waals surface area contributed by atoms with Gasteiger partial charge in [0.05, 0.1) is 6.26 Å². The number of rotatable bonds is 4. The minimum atomic E-state index is 0. The highest BCUT2D eigenvalue weighted by Gasteiger charge is 2.06. The van der Waals surface area contributed by atoms with Crippen LogP contribution in [-0.4, -0.2) is 21.0 Å². The summed E-state index contributed by atoms with van der Waals surface area (Å²) in [7, 11) is 1.97. The quantitative estimate of drug-likeness (QED) is 0.517. The zero-order valence-corrected chi connectivity index (χ0v) is 10.2. The number of halogens is 1. The molecule has 0 aromatic carbocycles. The maximum absolute atomic E-state index is 8.45. The standard InChI is InChI=1S/C11H13N3O2.ClH/c1-14-6-5-12-11(14)3-2-9-4-7-16-10(9)8-13-15;/h4-8,15H,2-3H2,1H3;1H/b13-8-;. The van der Waals surface area contributed by atoms with Gasteiger partial charge in [-0.3, -0.25) is 0 Å². The first-order valence-corrected chi connectivity index (χ1v) is 5.01. The van der Waals surface area contributed by atoms with Crippen LogP contribution in [0.5, 0.6) is 0 Å². The highest BCUT2D eigenvalue weighted by molar-refractivity contribution is 5.85. The highest BCUT2D eigenvalue weighted by atomic mass is 35.5. The molecule has 0 unspecified atom stereocenters. The third-order valence-corrected chi connectivity index (χ3v) is 2.49. The Kier molecular flexibility index (Phi) is 4.78. The van der Waals surface area contributed by atoms with Crippen LogP contribution in [-0.2, 0) is 19.9 Å². The van der Waals surface area contributed by atoms with Gasteiger partial charge < -0.3 is 14.2 Å². The number of hydrogen-bond acceptors (Lipinski definition) is 4. The molecule has 0 saturated carbocycles. The van der Waals surface area contributed by atoms with Crippen LogP contribution in [0.4, 0.5) is 0 Å². The molecule has 2 heterocycles. The zero-order chi connectivity index (χ0) is 11.4. The van der Waals surface area contributed by atoms with Gasteiger partial charge >= 0.3 is 0 Å². The molecule has 1 N–H and O–H groups in total. The number of furan rings is 1. The van der Waals surface area contributed by atoms with Gasteiger partial charge in [0.15, 0.2) is 5.76 Å². The third kappa shape index (κ3) is 3.10. The van der Waals surface area contributed by atoms with Crippen LogP contribution in [0.1, 0.15) is 17.1 Å². The molecular formula is C11H14ClN3O2. The smallest absolute Gasteiger partial charge is 0.151 e. The van der Waals surface area contributed by atoms with Gasteiger partial charge in [-0.2, -0.15) is 0 Å². The topological polar surface area (TPSA) is 63.5 Å². The van der Waals surface area contributed by atoms with E-state index in [-0.39, 0.29) is 12.4 Å². The molecule has 6 heteroatoms. The van der Waals surface area contributed by atoms with E-state index in [1.807, 2.05) is 23.9 Å². The maximum atomic E-state index is 8.45. The molecule has 0 atom stereocenters. The lowest BCUT2D eigenvalue weighted by atomic mass is 10.1. The van der Waals surface area contributed by atoms with Crippen molar-refractivity contribution in [1.29, 1.82) is 0 Å². The lowest BCUT2D eigenvalue weighted by Gasteiger charge is -2.00. The Labute approximate surface area is 105 Å². The van der Waals surface area contributed by atoms with Crippen molar-refractivity contribution >= 4 is 18.6 Å². The molecule has 0 fully saturated rings. The summed E-state index contributed by atoms with van der Waals surface area (Å²) in [6.45, 7) is 0. The zero-order valence-electron chi connectivity index (χ0n) is 9.41. The van der Waals surface area contributed by atoms with E-state index in [1.165, 1.54) is 6.21 Å². The van der Waals surface area contributed by atoms with Crippen molar-refractivity contribution in [1.82, 2.24) is 9.55 Å².